The van der Waals surface area contributed by atoms with E-state index in [0.717, 1.165) is 12.8 Å². The van der Waals surface area contributed by atoms with Gasteiger partial charge in [-0.2, -0.15) is 5.10 Å². The van der Waals surface area contributed by atoms with Crippen molar-refractivity contribution in [2.75, 3.05) is 6.54 Å². The van der Waals surface area contributed by atoms with Gasteiger partial charge in [0.25, 0.3) is 11.5 Å². The van der Waals surface area contributed by atoms with Gasteiger partial charge < -0.3 is 4.90 Å². The third kappa shape index (κ3) is 3.46. The number of carbonyl (C=O) groups is 1. The Morgan fingerprint density at radius 3 is 2.48 bits per heavy atom. The highest BCUT2D eigenvalue weighted by Gasteiger charge is 2.28. The lowest BCUT2D eigenvalue weighted by atomic mass is 10.1. The average molecular weight is 341 g/mol. The fourth-order valence-electron chi connectivity index (χ4n) is 3.78. The highest BCUT2D eigenvalue weighted by atomic mass is 16.2. The van der Waals surface area contributed by atoms with E-state index in [1.54, 1.807) is 6.07 Å². The molecule has 1 aliphatic carbocycles. The molecule has 0 radical (unpaired) electrons. The van der Waals surface area contributed by atoms with Crippen LogP contribution in [0.2, 0.25) is 0 Å². The molecule has 0 aliphatic heterocycles. The molecule has 3 rings (SSSR count). The molecule has 134 valence electrons. The van der Waals surface area contributed by atoms with Gasteiger partial charge in [-0.3, -0.25) is 9.59 Å². The molecule has 2 aromatic rings. The van der Waals surface area contributed by atoms with E-state index in [4.69, 9.17) is 0 Å². The van der Waals surface area contributed by atoms with E-state index < -0.39 is 0 Å². The molecule has 5 nitrogen and oxygen atoms in total. The lowest BCUT2D eigenvalue weighted by molar-refractivity contribution is 0.0686. The molecule has 0 spiro atoms. The van der Waals surface area contributed by atoms with Gasteiger partial charge in [-0.25, -0.2) is 4.68 Å². The zero-order valence-electron chi connectivity index (χ0n) is 15.4. The van der Waals surface area contributed by atoms with E-state index in [-0.39, 0.29) is 17.4 Å². The molecule has 5 heteroatoms. The SMILES string of the molecule is CCN(C(=O)c1nn(CC(C)C)c(=O)c2ccccc12)C1CCCC1. The van der Waals surface area contributed by atoms with Gasteiger partial charge in [0.1, 0.15) is 0 Å². The minimum absolute atomic E-state index is 0.0527. The molecule has 1 aromatic carbocycles. The minimum atomic E-state index is -0.121. The van der Waals surface area contributed by atoms with Crippen LogP contribution < -0.4 is 5.56 Å². The van der Waals surface area contributed by atoms with Crippen molar-refractivity contribution in [3.63, 3.8) is 0 Å². The number of rotatable bonds is 5. The van der Waals surface area contributed by atoms with Gasteiger partial charge in [-0.1, -0.05) is 44.9 Å². The topological polar surface area (TPSA) is 55.2 Å². The smallest absolute Gasteiger partial charge is 0.275 e. The normalized spacial score (nSPS) is 15.2. The van der Waals surface area contributed by atoms with Crippen LogP contribution in [0, 0.1) is 5.92 Å². The second-order valence-corrected chi connectivity index (χ2v) is 7.30. The van der Waals surface area contributed by atoms with Gasteiger partial charge >= 0.3 is 0 Å². The van der Waals surface area contributed by atoms with Crippen LogP contribution in [-0.4, -0.2) is 33.2 Å². The Balaban J connectivity index is 2.11. The number of hydrogen-bond donors (Lipinski definition) is 0. The average Bonchev–Trinajstić information content (AvgIpc) is 3.12. The zero-order chi connectivity index (χ0) is 18.0. The third-order valence-electron chi connectivity index (χ3n) is 4.98. The van der Waals surface area contributed by atoms with Crippen molar-refractivity contribution in [2.45, 2.75) is 59.0 Å². The second-order valence-electron chi connectivity index (χ2n) is 7.30. The fraction of sp³-hybridized carbons (Fsp3) is 0.550. The fourth-order valence-corrected chi connectivity index (χ4v) is 3.78. The Morgan fingerprint density at radius 1 is 1.24 bits per heavy atom. The maximum Gasteiger partial charge on any atom is 0.275 e. The van der Waals surface area contributed by atoms with E-state index in [2.05, 4.69) is 5.10 Å². The molecule has 25 heavy (non-hydrogen) atoms. The van der Waals surface area contributed by atoms with Gasteiger partial charge in [0.2, 0.25) is 0 Å². The number of benzene rings is 1. The first-order valence-electron chi connectivity index (χ1n) is 9.33. The number of fused-ring (bicyclic) bond motifs is 1. The lowest BCUT2D eigenvalue weighted by Gasteiger charge is -2.28. The van der Waals surface area contributed by atoms with E-state index in [1.165, 1.54) is 17.5 Å². The summed E-state index contributed by atoms with van der Waals surface area (Å²) >= 11 is 0. The molecule has 0 atom stereocenters. The second kappa shape index (κ2) is 7.38. The van der Waals surface area contributed by atoms with Gasteiger partial charge in [-0.15, -0.1) is 0 Å². The first-order chi connectivity index (χ1) is 12.0. The molecule has 0 saturated heterocycles. The quantitative estimate of drug-likeness (QED) is 0.837. The summed E-state index contributed by atoms with van der Waals surface area (Å²) in [5.74, 6) is 0.231. The van der Waals surface area contributed by atoms with Crippen LogP contribution >= 0.6 is 0 Å². The van der Waals surface area contributed by atoms with Crippen LogP contribution in [0.1, 0.15) is 56.9 Å². The number of amides is 1. The van der Waals surface area contributed by atoms with Crippen LogP contribution in [0.3, 0.4) is 0 Å². The van der Waals surface area contributed by atoms with Crippen molar-refractivity contribution in [3.8, 4) is 0 Å². The summed E-state index contributed by atoms with van der Waals surface area (Å²) in [6, 6.07) is 7.62. The molecule has 1 saturated carbocycles. The van der Waals surface area contributed by atoms with Crippen LogP contribution in [0.4, 0.5) is 0 Å². The molecule has 0 unspecified atom stereocenters. The molecule has 0 N–H and O–H groups in total. The number of hydrogen-bond acceptors (Lipinski definition) is 3. The summed E-state index contributed by atoms with van der Waals surface area (Å²) in [4.78, 5) is 27.9. The van der Waals surface area contributed by atoms with Gasteiger partial charge in [0.15, 0.2) is 5.69 Å². The largest absolute Gasteiger partial charge is 0.335 e. The number of carbonyl (C=O) groups excluding carboxylic acids is 1. The highest BCUT2D eigenvalue weighted by Crippen LogP contribution is 2.25. The predicted octanol–water partition coefficient (Wildman–Crippen LogP) is 3.46. The van der Waals surface area contributed by atoms with Crippen LogP contribution in [-0.2, 0) is 6.54 Å². The standard InChI is InChI=1S/C20H27N3O2/c1-4-22(15-9-5-6-10-15)20(25)18-16-11-7-8-12-17(16)19(24)23(21-18)13-14(2)3/h7-8,11-12,14-15H,4-6,9-10,13H2,1-3H3. The van der Waals surface area contributed by atoms with Crippen molar-refractivity contribution in [2.24, 2.45) is 5.92 Å². The molecule has 1 fully saturated rings. The summed E-state index contributed by atoms with van der Waals surface area (Å²) < 4.78 is 1.46. The summed E-state index contributed by atoms with van der Waals surface area (Å²) in [6.45, 7) is 7.29. The van der Waals surface area contributed by atoms with Crippen molar-refractivity contribution in [1.82, 2.24) is 14.7 Å². The summed E-state index contributed by atoms with van der Waals surface area (Å²) in [5.41, 5.74) is 0.286. The molecule has 1 aromatic heterocycles. The molecule has 1 aliphatic rings. The Bertz CT molecular complexity index is 819. The predicted molar refractivity (Wildman–Crippen MR) is 99.8 cm³/mol. The van der Waals surface area contributed by atoms with Gasteiger partial charge in [-0.05, 0) is 31.7 Å². The lowest BCUT2D eigenvalue weighted by Crippen LogP contribution is -2.40. The zero-order valence-corrected chi connectivity index (χ0v) is 15.4. The molecule has 1 heterocycles. The molecular formula is C20H27N3O2. The molecule has 1 amide bonds. The number of aromatic nitrogens is 2. The number of nitrogens with zero attached hydrogens (tertiary/aromatic N) is 3. The van der Waals surface area contributed by atoms with E-state index in [1.807, 2.05) is 43.9 Å². The maximum absolute atomic E-state index is 13.3. The minimum Gasteiger partial charge on any atom is -0.335 e. The Kier molecular flexibility index (Phi) is 5.21. The van der Waals surface area contributed by atoms with Crippen molar-refractivity contribution in [3.05, 3.63) is 40.3 Å². The Morgan fingerprint density at radius 2 is 1.88 bits per heavy atom. The summed E-state index contributed by atoms with van der Waals surface area (Å²) in [5, 5.41) is 5.73. The Hall–Kier alpha value is -2.17. The molecular weight excluding hydrogens is 314 g/mol. The first-order valence-corrected chi connectivity index (χ1v) is 9.33. The van der Waals surface area contributed by atoms with Crippen LogP contribution in [0.25, 0.3) is 10.8 Å². The van der Waals surface area contributed by atoms with E-state index in [0.29, 0.717) is 35.6 Å². The molecule has 0 bridgehead atoms. The highest BCUT2D eigenvalue weighted by molar-refractivity contribution is 6.04. The van der Waals surface area contributed by atoms with Gasteiger partial charge in [0.05, 0.1) is 5.39 Å². The summed E-state index contributed by atoms with van der Waals surface area (Å²) in [6.07, 6.45) is 4.47. The van der Waals surface area contributed by atoms with Crippen LogP contribution in [0.5, 0.6) is 0 Å². The third-order valence-corrected chi connectivity index (χ3v) is 4.98. The maximum atomic E-state index is 13.3. The summed E-state index contributed by atoms with van der Waals surface area (Å²) in [7, 11) is 0. The van der Waals surface area contributed by atoms with Gasteiger partial charge in [0, 0.05) is 24.5 Å². The van der Waals surface area contributed by atoms with Crippen molar-refractivity contribution in [1.29, 1.82) is 0 Å². The van der Waals surface area contributed by atoms with Crippen molar-refractivity contribution >= 4 is 16.7 Å². The first kappa shape index (κ1) is 17.6. The van der Waals surface area contributed by atoms with Crippen LogP contribution in [0.15, 0.2) is 29.1 Å². The van der Waals surface area contributed by atoms with Crippen molar-refractivity contribution < 1.29 is 4.79 Å². The van der Waals surface area contributed by atoms with E-state index in [9.17, 15) is 9.59 Å². The van der Waals surface area contributed by atoms with E-state index >= 15 is 0 Å². The Labute approximate surface area is 148 Å². The monoisotopic (exact) mass is 341 g/mol.